The van der Waals surface area contributed by atoms with E-state index in [1.165, 1.54) is 58.4 Å². The second-order valence-electron chi connectivity index (χ2n) is 9.50. The topological polar surface area (TPSA) is 0 Å². The van der Waals surface area contributed by atoms with E-state index in [2.05, 4.69) is 115 Å². The molecule has 0 fully saturated rings. The van der Waals surface area contributed by atoms with Crippen LogP contribution in [-0.2, 0) is 6.42 Å². The Hall–Kier alpha value is -3.65. The number of hydrogen-bond acceptors (Lipinski definition) is 1. The molecular formula is C34H23ClS. The Morgan fingerprint density at radius 2 is 1.33 bits per heavy atom. The van der Waals surface area contributed by atoms with Gasteiger partial charge >= 0.3 is 0 Å². The average Bonchev–Trinajstić information content (AvgIpc) is 3.27. The average molecular weight is 499 g/mol. The first kappa shape index (κ1) is 21.6. The molecule has 6 aromatic carbocycles. The van der Waals surface area contributed by atoms with Gasteiger partial charge in [0.2, 0.25) is 0 Å². The lowest BCUT2D eigenvalue weighted by Gasteiger charge is -2.20. The van der Waals surface area contributed by atoms with Gasteiger partial charge in [0.15, 0.2) is 0 Å². The number of hydrogen-bond donors (Lipinski definition) is 0. The fourth-order valence-corrected chi connectivity index (χ4v) is 6.82. The number of fused-ring (bicyclic) bond motifs is 5. The minimum Gasteiger partial charge on any atom is -0.135 e. The van der Waals surface area contributed by atoms with Crippen LogP contribution < -0.4 is 0 Å². The van der Waals surface area contributed by atoms with Gasteiger partial charge in [-0.05, 0) is 75.0 Å². The molecule has 1 aromatic heterocycles. The molecule has 0 saturated heterocycles. The summed E-state index contributed by atoms with van der Waals surface area (Å²) in [6, 6.07) is 44.2. The molecule has 1 unspecified atom stereocenters. The molecule has 0 bridgehead atoms. The van der Waals surface area contributed by atoms with Gasteiger partial charge in [-0.3, -0.25) is 0 Å². The van der Waals surface area contributed by atoms with Crippen molar-refractivity contribution in [2.45, 2.75) is 12.3 Å². The Labute approximate surface area is 219 Å². The molecular weight excluding hydrogens is 476 g/mol. The summed E-state index contributed by atoms with van der Waals surface area (Å²) in [7, 11) is 0. The Balaban J connectivity index is 1.39. The lowest BCUT2D eigenvalue weighted by Crippen LogP contribution is -2.05. The molecule has 7 aromatic rings. The molecule has 2 heteroatoms. The third kappa shape index (κ3) is 3.76. The summed E-state index contributed by atoms with van der Waals surface area (Å²) in [4.78, 5) is 0. The molecule has 0 aliphatic heterocycles. The van der Waals surface area contributed by atoms with E-state index in [-0.39, 0.29) is 5.92 Å². The van der Waals surface area contributed by atoms with Crippen LogP contribution in [0, 0.1) is 0 Å². The zero-order valence-electron chi connectivity index (χ0n) is 19.6. The lowest BCUT2D eigenvalue weighted by molar-refractivity contribution is 0.811. The summed E-state index contributed by atoms with van der Waals surface area (Å²) in [5.41, 5.74) is 4.08. The van der Waals surface area contributed by atoms with Crippen LogP contribution in [0.15, 0.2) is 121 Å². The van der Waals surface area contributed by atoms with Crippen molar-refractivity contribution < 1.29 is 0 Å². The van der Waals surface area contributed by atoms with Gasteiger partial charge in [-0.25, -0.2) is 0 Å². The van der Waals surface area contributed by atoms with Crippen LogP contribution in [0.5, 0.6) is 0 Å². The van der Waals surface area contributed by atoms with Crippen LogP contribution in [0.4, 0.5) is 0 Å². The van der Waals surface area contributed by atoms with Crippen molar-refractivity contribution in [2.75, 3.05) is 0 Å². The van der Waals surface area contributed by atoms with Gasteiger partial charge in [0.25, 0.3) is 0 Å². The first-order valence-electron chi connectivity index (χ1n) is 12.3. The van der Waals surface area contributed by atoms with E-state index in [1.54, 1.807) is 0 Å². The standard InChI is InChI=1S/C34H23ClS/c35-28-15-16-33-32(21-28)31-19-27-17-26(14-13-24(27)20-34(31)36-33)30(23-7-2-1-3-8-23)18-25-11-6-10-22-9-4-5-12-29(22)25/h1-17,19-21,30H,18H2. The molecule has 0 amide bonds. The molecule has 0 aliphatic carbocycles. The van der Waals surface area contributed by atoms with E-state index in [0.29, 0.717) is 0 Å². The molecule has 0 N–H and O–H groups in total. The summed E-state index contributed by atoms with van der Waals surface area (Å²) < 4.78 is 2.59. The van der Waals surface area contributed by atoms with Crippen LogP contribution in [0.3, 0.4) is 0 Å². The summed E-state index contributed by atoms with van der Waals surface area (Å²) in [5.74, 6) is 0.269. The van der Waals surface area contributed by atoms with Gasteiger partial charge < -0.3 is 0 Å². The highest BCUT2D eigenvalue weighted by Crippen LogP contribution is 2.39. The molecule has 1 atom stereocenters. The summed E-state index contributed by atoms with van der Waals surface area (Å²) in [6.07, 6.45) is 0.954. The van der Waals surface area contributed by atoms with E-state index in [0.717, 1.165) is 11.4 Å². The van der Waals surface area contributed by atoms with E-state index in [9.17, 15) is 0 Å². The molecule has 7 rings (SSSR count). The summed E-state index contributed by atoms with van der Waals surface area (Å²) in [5, 5.41) is 8.50. The second-order valence-corrected chi connectivity index (χ2v) is 11.0. The fourth-order valence-electron chi connectivity index (χ4n) is 5.53. The number of benzene rings is 6. The zero-order valence-corrected chi connectivity index (χ0v) is 21.2. The van der Waals surface area contributed by atoms with E-state index in [4.69, 9.17) is 11.6 Å². The minimum absolute atomic E-state index is 0.269. The predicted molar refractivity (Wildman–Crippen MR) is 158 cm³/mol. The van der Waals surface area contributed by atoms with Crippen LogP contribution in [-0.4, -0.2) is 0 Å². The van der Waals surface area contributed by atoms with Crippen molar-refractivity contribution in [3.8, 4) is 0 Å². The van der Waals surface area contributed by atoms with Crippen LogP contribution in [0.2, 0.25) is 5.02 Å². The molecule has 0 saturated carbocycles. The highest BCUT2D eigenvalue weighted by molar-refractivity contribution is 7.25. The molecule has 0 aliphatic rings. The number of rotatable bonds is 4. The van der Waals surface area contributed by atoms with Crippen LogP contribution in [0.25, 0.3) is 41.7 Å². The van der Waals surface area contributed by atoms with Crippen molar-refractivity contribution in [2.24, 2.45) is 0 Å². The minimum atomic E-state index is 0.269. The summed E-state index contributed by atoms with van der Waals surface area (Å²) in [6.45, 7) is 0. The van der Waals surface area contributed by atoms with E-state index in [1.807, 2.05) is 17.4 Å². The first-order valence-corrected chi connectivity index (χ1v) is 13.5. The highest BCUT2D eigenvalue weighted by Gasteiger charge is 2.17. The third-order valence-corrected chi connectivity index (χ3v) is 8.69. The van der Waals surface area contributed by atoms with Crippen molar-refractivity contribution in [1.29, 1.82) is 0 Å². The second kappa shape index (κ2) is 8.78. The molecule has 0 nitrogen and oxygen atoms in total. The van der Waals surface area contributed by atoms with Crippen molar-refractivity contribution in [3.63, 3.8) is 0 Å². The Morgan fingerprint density at radius 3 is 2.25 bits per heavy atom. The lowest BCUT2D eigenvalue weighted by atomic mass is 9.84. The van der Waals surface area contributed by atoms with Crippen molar-refractivity contribution in [1.82, 2.24) is 0 Å². The van der Waals surface area contributed by atoms with Gasteiger partial charge in [0.05, 0.1) is 0 Å². The third-order valence-electron chi connectivity index (χ3n) is 7.32. The number of thiophene rings is 1. The highest BCUT2D eigenvalue weighted by atomic mass is 35.5. The first-order chi connectivity index (χ1) is 17.7. The molecule has 36 heavy (non-hydrogen) atoms. The van der Waals surface area contributed by atoms with Gasteiger partial charge in [0.1, 0.15) is 0 Å². The van der Waals surface area contributed by atoms with Gasteiger partial charge in [0, 0.05) is 31.1 Å². The normalized spacial score (nSPS) is 12.6. The molecule has 172 valence electrons. The Kier molecular flexibility index (Phi) is 5.27. The molecule has 0 radical (unpaired) electrons. The van der Waals surface area contributed by atoms with Crippen molar-refractivity contribution >= 4 is 64.7 Å². The van der Waals surface area contributed by atoms with Gasteiger partial charge in [-0.1, -0.05) is 103 Å². The Morgan fingerprint density at radius 1 is 0.528 bits per heavy atom. The number of halogens is 1. The molecule has 0 spiro atoms. The predicted octanol–water partition coefficient (Wildman–Crippen LogP) is 10.4. The molecule has 1 heterocycles. The maximum absolute atomic E-state index is 6.35. The monoisotopic (exact) mass is 498 g/mol. The van der Waals surface area contributed by atoms with Gasteiger partial charge in [-0.2, -0.15) is 0 Å². The van der Waals surface area contributed by atoms with Crippen LogP contribution >= 0.6 is 22.9 Å². The Bertz CT molecular complexity index is 1880. The van der Waals surface area contributed by atoms with Crippen molar-refractivity contribution in [3.05, 3.63) is 143 Å². The zero-order chi connectivity index (χ0) is 24.1. The van der Waals surface area contributed by atoms with E-state index < -0.39 is 0 Å². The van der Waals surface area contributed by atoms with E-state index >= 15 is 0 Å². The SMILES string of the molecule is Clc1ccc2sc3cc4ccc(C(Cc5cccc6ccccc56)c5ccccc5)cc4cc3c2c1. The summed E-state index contributed by atoms with van der Waals surface area (Å²) >= 11 is 8.19. The largest absolute Gasteiger partial charge is 0.135 e. The fraction of sp³-hybridized carbons (Fsp3) is 0.0588. The van der Waals surface area contributed by atoms with Gasteiger partial charge in [-0.15, -0.1) is 11.3 Å². The van der Waals surface area contributed by atoms with Crippen LogP contribution in [0.1, 0.15) is 22.6 Å². The quantitative estimate of drug-likeness (QED) is 0.226. The smallest absolute Gasteiger partial charge is 0.0413 e. The maximum atomic E-state index is 6.35. The maximum Gasteiger partial charge on any atom is 0.0413 e.